The summed E-state index contributed by atoms with van der Waals surface area (Å²) in [5, 5.41) is 11.8. The van der Waals surface area contributed by atoms with Crippen molar-refractivity contribution in [2.75, 3.05) is 18.4 Å². The number of carbonyl (C=O) groups is 1. The number of benzene rings is 1. The summed E-state index contributed by atoms with van der Waals surface area (Å²) in [5.41, 5.74) is 0.748. The van der Waals surface area contributed by atoms with E-state index < -0.39 is 5.76 Å². The number of hydrogen-bond acceptors (Lipinski definition) is 7. The van der Waals surface area contributed by atoms with Crippen LogP contribution in [-0.4, -0.2) is 45.1 Å². The van der Waals surface area contributed by atoms with Crippen LogP contribution in [0.2, 0.25) is 0 Å². The van der Waals surface area contributed by atoms with Crippen LogP contribution < -0.4 is 5.32 Å². The zero-order valence-electron chi connectivity index (χ0n) is 15.6. The van der Waals surface area contributed by atoms with Crippen LogP contribution in [-0.2, 0) is 4.79 Å². The number of rotatable bonds is 7. The summed E-state index contributed by atoms with van der Waals surface area (Å²) >= 11 is 3.30. The van der Waals surface area contributed by atoms with Crippen molar-refractivity contribution in [1.29, 1.82) is 0 Å². The largest absolute Gasteiger partial charge is 0.342 e. The lowest BCUT2D eigenvalue weighted by atomic mass is 9.99. The Labute approximate surface area is 175 Å². The van der Waals surface area contributed by atoms with E-state index in [1.165, 1.54) is 23.1 Å². The number of carbonyl (C=O) groups excluding carboxylic acids is 1. The number of hydrogen-bond donors (Lipinski definition) is 1. The van der Waals surface area contributed by atoms with E-state index in [2.05, 4.69) is 22.4 Å². The Morgan fingerprint density at radius 3 is 2.54 bits per heavy atom. The summed E-state index contributed by atoms with van der Waals surface area (Å²) in [6.45, 7) is 5.78. The molecule has 0 spiro atoms. The van der Waals surface area contributed by atoms with Crippen molar-refractivity contribution in [1.82, 2.24) is 15.1 Å². The number of alkyl halides is 2. The monoisotopic (exact) mass is 444 g/mol. The lowest BCUT2D eigenvalue weighted by Gasteiger charge is -2.31. The van der Waals surface area contributed by atoms with Crippen molar-refractivity contribution >= 4 is 51.6 Å². The second-order valence-electron chi connectivity index (χ2n) is 6.67. The lowest BCUT2D eigenvalue weighted by molar-refractivity contribution is -0.131. The maximum Gasteiger partial charge on any atom is 0.288 e. The van der Waals surface area contributed by atoms with Gasteiger partial charge in [-0.2, -0.15) is 8.78 Å². The third kappa shape index (κ3) is 6.05. The van der Waals surface area contributed by atoms with Crippen LogP contribution in [0.15, 0.2) is 33.5 Å². The Morgan fingerprint density at radius 1 is 1.21 bits per heavy atom. The maximum absolute atomic E-state index is 12.6. The van der Waals surface area contributed by atoms with Gasteiger partial charge in [-0.25, -0.2) is 0 Å². The van der Waals surface area contributed by atoms with E-state index in [4.69, 9.17) is 0 Å². The number of likely N-dealkylation sites (tertiary alicyclic amines) is 1. The molecule has 2 aromatic rings. The molecule has 5 nitrogen and oxygen atoms in total. The molecule has 1 aromatic heterocycles. The van der Waals surface area contributed by atoms with Crippen molar-refractivity contribution in [3.63, 3.8) is 0 Å². The second-order valence-corrected chi connectivity index (χ2v) is 10.3. The molecule has 1 N–H and O–H groups in total. The van der Waals surface area contributed by atoms with Crippen LogP contribution in [0.25, 0.3) is 0 Å². The Kier molecular flexibility index (Phi) is 7.53. The summed E-state index contributed by atoms with van der Waals surface area (Å²) in [5.74, 6) is -1.60. The fourth-order valence-electron chi connectivity index (χ4n) is 2.84. The Morgan fingerprint density at radius 2 is 1.89 bits per heavy atom. The summed E-state index contributed by atoms with van der Waals surface area (Å²) in [6.07, 6.45) is 2.12. The number of nitrogens with one attached hydrogen (secondary N) is 1. The highest BCUT2D eigenvalue weighted by Gasteiger charge is 2.26. The third-order valence-corrected chi connectivity index (χ3v) is 7.19. The molecule has 1 aromatic carbocycles. The second kappa shape index (κ2) is 9.89. The number of nitrogens with zero attached hydrogens (tertiary/aromatic N) is 3. The van der Waals surface area contributed by atoms with Crippen LogP contribution in [0.4, 0.5) is 19.6 Å². The molecule has 1 amide bonds. The Balaban J connectivity index is 1.52. The molecule has 0 bridgehead atoms. The summed E-state index contributed by atoms with van der Waals surface area (Å²) in [7, 11) is 0. The van der Waals surface area contributed by atoms with E-state index in [1.54, 1.807) is 24.3 Å². The van der Waals surface area contributed by atoms with Gasteiger partial charge < -0.3 is 10.2 Å². The molecule has 1 unspecified atom stereocenters. The molecule has 1 atom stereocenters. The smallest absolute Gasteiger partial charge is 0.288 e. The quantitative estimate of drug-likeness (QED) is 0.582. The van der Waals surface area contributed by atoms with Gasteiger partial charge in [0.2, 0.25) is 11.0 Å². The first-order valence-corrected chi connectivity index (χ1v) is 11.6. The molecule has 0 aliphatic carbocycles. The van der Waals surface area contributed by atoms with Gasteiger partial charge in [0.15, 0.2) is 4.34 Å². The molecular weight excluding hydrogens is 422 g/mol. The van der Waals surface area contributed by atoms with E-state index in [-0.39, 0.29) is 11.2 Å². The van der Waals surface area contributed by atoms with E-state index in [1.807, 2.05) is 11.8 Å². The minimum Gasteiger partial charge on any atom is -0.342 e. The van der Waals surface area contributed by atoms with Gasteiger partial charge in [-0.15, -0.1) is 10.2 Å². The first-order chi connectivity index (χ1) is 13.4. The number of piperidine rings is 1. The highest BCUT2D eigenvalue weighted by molar-refractivity contribution is 8.02. The average Bonchev–Trinajstić information content (AvgIpc) is 3.09. The fourth-order valence-corrected chi connectivity index (χ4v) is 5.34. The van der Waals surface area contributed by atoms with E-state index in [9.17, 15) is 13.6 Å². The van der Waals surface area contributed by atoms with Gasteiger partial charge in [-0.1, -0.05) is 41.8 Å². The average molecular weight is 445 g/mol. The molecule has 1 fully saturated rings. The van der Waals surface area contributed by atoms with Crippen LogP contribution in [0.3, 0.4) is 0 Å². The van der Waals surface area contributed by atoms with Crippen molar-refractivity contribution in [2.24, 2.45) is 5.92 Å². The molecule has 28 heavy (non-hydrogen) atoms. The predicted molar refractivity (Wildman–Crippen MR) is 112 cm³/mol. The highest BCUT2D eigenvalue weighted by atomic mass is 32.2. The first kappa shape index (κ1) is 21.3. The summed E-state index contributed by atoms with van der Waals surface area (Å²) in [4.78, 5) is 15.1. The van der Waals surface area contributed by atoms with Crippen molar-refractivity contribution in [3.05, 3.63) is 24.3 Å². The Bertz CT molecular complexity index is 779. The highest BCUT2D eigenvalue weighted by Crippen LogP contribution is 2.32. The minimum atomic E-state index is -2.43. The van der Waals surface area contributed by atoms with Gasteiger partial charge in [0, 0.05) is 23.7 Å². The lowest BCUT2D eigenvalue weighted by Crippen LogP contribution is -2.41. The molecule has 1 aliphatic rings. The van der Waals surface area contributed by atoms with Gasteiger partial charge in [0.05, 0.1) is 5.25 Å². The molecule has 3 rings (SSSR count). The van der Waals surface area contributed by atoms with Crippen molar-refractivity contribution in [3.8, 4) is 0 Å². The van der Waals surface area contributed by atoms with Gasteiger partial charge >= 0.3 is 0 Å². The van der Waals surface area contributed by atoms with E-state index >= 15 is 0 Å². The summed E-state index contributed by atoms with van der Waals surface area (Å²) < 4.78 is 25.5. The SMILES string of the molecule is CC1CCN(C(=O)C(C)Sc2nnc(Nc3ccc(SC(F)F)cc3)s2)CC1. The van der Waals surface area contributed by atoms with Gasteiger partial charge in [0.25, 0.3) is 5.76 Å². The van der Waals surface area contributed by atoms with Crippen LogP contribution in [0.1, 0.15) is 26.7 Å². The first-order valence-electron chi connectivity index (χ1n) is 9.01. The van der Waals surface area contributed by atoms with Gasteiger partial charge in [0.1, 0.15) is 0 Å². The normalized spacial score (nSPS) is 16.4. The predicted octanol–water partition coefficient (Wildman–Crippen LogP) is 5.34. The molecule has 1 aliphatic heterocycles. The molecule has 10 heteroatoms. The molecule has 0 radical (unpaired) electrons. The minimum absolute atomic E-state index is 0.147. The van der Waals surface area contributed by atoms with E-state index in [0.717, 1.165) is 36.0 Å². The number of amides is 1. The van der Waals surface area contributed by atoms with Gasteiger partial charge in [-0.05, 0) is 49.9 Å². The maximum atomic E-state index is 12.6. The standard InChI is InChI=1S/C18H22F2N4OS3/c1-11-7-9-24(10-8-11)15(25)12(2)26-18-23-22-17(28-18)21-13-3-5-14(6-4-13)27-16(19)20/h3-6,11-12,16H,7-10H2,1-2H3,(H,21,22). The van der Waals surface area contributed by atoms with Crippen molar-refractivity contribution in [2.45, 2.75) is 46.9 Å². The molecular formula is C18H22F2N4OS3. The Hall–Kier alpha value is -1.39. The van der Waals surface area contributed by atoms with Crippen LogP contribution >= 0.6 is 34.9 Å². The van der Waals surface area contributed by atoms with Crippen molar-refractivity contribution < 1.29 is 13.6 Å². The number of halogens is 2. The zero-order chi connectivity index (χ0) is 20.1. The molecule has 0 saturated carbocycles. The molecule has 1 saturated heterocycles. The zero-order valence-corrected chi connectivity index (χ0v) is 18.0. The van der Waals surface area contributed by atoms with Crippen LogP contribution in [0.5, 0.6) is 0 Å². The third-order valence-electron chi connectivity index (χ3n) is 4.46. The number of aromatic nitrogens is 2. The van der Waals surface area contributed by atoms with Gasteiger partial charge in [-0.3, -0.25) is 4.79 Å². The molecule has 152 valence electrons. The summed E-state index contributed by atoms with van der Waals surface area (Å²) in [6, 6.07) is 6.72. The number of anilines is 2. The fraction of sp³-hybridized carbons (Fsp3) is 0.500. The van der Waals surface area contributed by atoms with Crippen LogP contribution in [0, 0.1) is 5.92 Å². The number of thioether (sulfide) groups is 2. The molecule has 2 heterocycles. The topological polar surface area (TPSA) is 58.1 Å². The van der Waals surface area contributed by atoms with E-state index in [0.29, 0.717) is 27.7 Å².